The summed E-state index contributed by atoms with van der Waals surface area (Å²) in [7, 11) is 0. The molecule has 0 aromatic carbocycles. The fourth-order valence-electron chi connectivity index (χ4n) is 2.94. The third kappa shape index (κ3) is 3.41. The van der Waals surface area contributed by atoms with Gasteiger partial charge in [0, 0.05) is 30.5 Å². The van der Waals surface area contributed by atoms with Gasteiger partial charge in [0.15, 0.2) is 0 Å². The molecule has 20 heavy (non-hydrogen) atoms. The molecule has 0 spiro atoms. The highest BCUT2D eigenvalue weighted by Crippen LogP contribution is 2.25. The lowest BCUT2D eigenvalue weighted by atomic mass is 10.1. The maximum absolute atomic E-state index is 5.64. The van der Waals surface area contributed by atoms with Crippen LogP contribution < -0.4 is 5.32 Å². The van der Waals surface area contributed by atoms with Gasteiger partial charge in [-0.05, 0) is 25.7 Å². The van der Waals surface area contributed by atoms with Crippen molar-refractivity contribution in [2.24, 2.45) is 0 Å². The van der Waals surface area contributed by atoms with E-state index < -0.39 is 0 Å². The summed E-state index contributed by atoms with van der Waals surface area (Å²) in [4.78, 5) is 0. The Labute approximate surface area is 122 Å². The maximum Gasteiger partial charge on any atom is 0.0756 e. The highest BCUT2D eigenvalue weighted by Gasteiger charge is 2.23. The molecule has 0 radical (unpaired) electrons. The summed E-state index contributed by atoms with van der Waals surface area (Å²) in [5.74, 6) is 0. The fourth-order valence-corrected chi connectivity index (χ4v) is 2.94. The molecule has 1 atom stereocenters. The molecule has 1 aliphatic rings. The van der Waals surface area contributed by atoms with Crippen LogP contribution in [-0.4, -0.2) is 29.0 Å². The lowest BCUT2D eigenvalue weighted by Crippen LogP contribution is -2.25. The number of nitrogens with one attached hydrogen (secondary N) is 1. The van der Waals surface area contributed by atoms with Crippen LogP contribution in [0.3, 0.4) is 0 Å². The Bertz CT molecular complexity index is 420. The molecule has 1 aromatic rings. The molecular weight excluding hydrogens is 250 g/mol. The van der Waals surface area contributed by atoms with E-state index in [1.165, 1.54) is 23.4 Å². The molecule has 4 heteroatoms. The van der Waals surface area contributed by atoms with Crippen LogP contribution in [0.1, 0.15) is 63.5 Å². The van der Waals surface area contributed by atoms with Crippen LogP contribution >= 0.6 is 0 Å². The Morgan fingerprint density at radius 2 is 2.15 bits per heavy atom. The normalized spacial score (nSPS) is 19.8. The molecule has 1 unspecified atom stereocenters. The average Bonchev–Trinajstić information content (AvgIpc) is 2.83. The van der Waals surface area contributed by atoms with E-state index in [9.17, 15) is 0 Å². The Balaban J connectivity index is 2.26. The smallest absolute Gasteiger partial charge is 0.0756 e. The predicted molar refractivity (Wildman–Crippen MR) is 82.0 cm³/mol. The van der Waals surface area contributed by atoms with Crippen LogP contribution in [-0.2, 0) is 24.1 Å². The average molecular weight is 279 g/mol. The minimum atomic E-state index is 0.428. The van der Waals surface area contributed by atoms with Crippen LogP contribution in [0.4, 0.5) is 0 Å². The van der Waals surface area contributed by atoms with Crippen LogP contribution in [0.15, 0.2) is 0 Å². The Morgan fingerprint density at radius 1 is 1.35 bits per heavy atom. The highest BCUT2D eigenvalue weighted by atomic mass is 16.5. The molecule has 1 fully saturated rings. The van der Waals surface area contributed by atoms with E-state index >= 15 is 0 Å². The van der Waals surface area contributed by atoms with Crippen LogP contribution in [0.2, 0.25) is 0 Å². The van der Waals surface area contributed by atoms with Crippen molar-refractivity contribution >= 4 is 0 Å². The first-order chi connectivity index (χ1) is 9.67. The van der Waals surface area contributed by atoms with Gasteiger partial charge in [-0.25, -0.2) is 0 Å². The largest absolute Gasteiger partial charge is 0.379 e. The monoisotopic (exact) mass is 279 g/mol. The molecule has 1 aliphatic heterocycles. The van der Waals surface area contributed by atoms with E-state index in [2.05, 4.69) is 37.7 Å². The van der Waals surface area contributed by atoms with Crippen LogP contribution in [0.5, 0.6) is 0 Å². The Morgan fingerprint density at radius 3 is 2.70 bits per heavy atom. The summed E-state index contributed by atoms with van der Waals surface area (Å²) >= 11 is 0. The first-order valence-electron chi connectivity index (χ1n) is 8.07. The predicted octanol–water partition coefficient (Wildman–Crippen LogP) is 2.86. The highest BCUT2D eigenvalue weighted by molar-refractivity contribution is 5.27. The lowest BCUT2D eigenvalue weighted by molar-refractivity contribution is 0.0538. The van der Waals surface area contributed by atoms with Crippen LogP contribution in [0.25, 0.3) is 0 Å². The summed E-state index contributed by atoms with van der Waals surface area (Å²) in [5, 5.41) is 8.44. The van der Waals surface area contributed by atoms with Gasteiger partial charge in [-0.2, -0.15) is 5.10 Å². The van der Waals surface area contributed by atoms with Gasteiger partial charge in [-0.1, -0.05) is 27.7 Å². The summed E-state index contributed by atoms with van der Waals surface area (Å²) in [6.45, 7) is 11.5. The van der Waals surface area contributed by atoms with Gasteiger partial charge in [0.05, 0.1) is 18.3 Å². The zero-order chi connectivity index (χ0) is 14.5. The minimum Gasteiger partial charge on any atom is -0.379 e. The van der Waals surface area contributed by atoms with Gasteiger partial charge in [0.25, 0.3) is 0 Å². The van der Waals surface area contributed by atoms with E-state index in [4.69, 9.17) is 9.84 Å². The van der Waals surface area contributed by atoms with E-state index in [-0.39, 0.29) is 0 Å². The van der Waals surface area contributed by atoms with E-state index in [1.54, 1.807) is 0 Å². The summed E-state index contributed by atoms with van der Waals surface area (Å²) in [5.41, 5.74) is 4.06. The quantitative estimate of drug-likeness (QED) is 0.870. The van der Waals surface area contributed by atoms with Crippen molar-refractivity contribution in [3.05, 3.63) is 17.0 Å². The minimum absolute atomic E-state index is 0.428. The first kappa shape index (κ1) is 15.5. The van der Waals surface area contributed by atoms with E-state index in [1.807, 2.05) is 0 Å². The maximum atomic E-state index is 5.64. The molecule has 0 amide bonds. The number of ether oxygens (including phenoxy) is 1. The second-order valence-corrected chi connectivity index (χ2v) is 5.93. The third-order valence-electron chi connectivity index (χ3n) is 4.04. The number of aryl methyl sites for hydroxylation is 1. The Hall–Kier alpha value is -0.870. The van der Waals surface area contributed by atoms with Gasteiger partial charge >= 0.3 is 0 Å². The molecule has 0 bridgehead atoms. The topological polar surface area (TPSA) is 39.1 Å². The van der Waals surface area contributed by atoms with Crippen molar-refractivity contribution in [3.8, 4) is 0 Å². The van der Waals surface area contributed by atoms with Crippen LogP contribution in [0, 0.1) is 0 Å². The number of hydrogen-bond donors (Lipinski definition) is 1. The molecule has 4 nitrogen and oxygen atoms in total. The molecule has 1 saturated heterocycles. The molecule has 114 valence electrons. The van der Waals surface area contributed by atoms with Gasteiger partial charge in [-0.15, -0.1) is 0 Å². The molecule has 2 rings (SSSR count). The molecule has 0 aliphatic carbocycles. The molecule has 1 N–H and O–H groups in total. The number of rotatable bonds is 6. The zero-order valence-corrected chi connectivity index (χ0v) is 13.4. The van der Waals surface area contributed by atoms with Crippen molar-refractivity contribution in [2.45, 2.75) is 72.0 Å². The number of hydrogen-bond acceptors (Lipinski definition) is 3. The number of aromatic nitrogens is 2. The first-order valence-corrected chi connectivity index (χ1v) is 8.07. The zero-order valence-electron chi connectivity index (χ0n) is 13.4. The van der Waals surface area contributed by atoms with Gasteiger partial charge in [0.1, 0.15) is 0 Å². The third-order valence-corrected chi connectivity index (χ3v) is 4.04. The van der Waals surface area contributed by atoms with Crippen molar-refractivity contribution in [2.75, 3.05) is 13.2 Å². The van der Waals surface area contributed by atoms with Crippen molar-refractivity contribution in [3.63, 3.8) is 0 Å². The number of nitrogens with zero attached hydrogens (tertiary/aromatic N) is 2. The van der Waals surface area contributed by atoms with E-state index in [0.717, 1.165) is 39.0 Å². The van der Waals surface area contributed by atoms with Crippen molar-refractivity contribution < 1.29 is 4.74 Å². The van der Waals surface area contributed by atoms with Gasteiger partial charge < -0.3 is 10.1 Å². The molecule has 0 saturated carbocycles. The fraction of sp³-hybridized carbons (Fsp3) is 0.812. The standard InChI is InChI=1S/C16H29N3O/c1-5-15-14(10-17-12(3)4)16(6-2)19(18-15)13-8-7-9-20-11-13/h12-13,17H,5-11H2,1-4H3. The summed E-state index contributed by atoms with van der Waals surface area (Å²) in [6, 6.07) is 0.933. The van der Waals surface area contributed by atoms with Crippen molar-refractivity contribution in [1.82, 2.24) is 15.1 Å². The lowest BCUT2D eigenvalue weighted by Gasteiger charge is -2.24. The Kier molecular flexibility index (Phi) is 5.61. The molecule has 1 aromatic heterocycles. The van der Waals surface area contributed by atoms with E-state index in [0.29, 0.717) is 12.1 Å². The molecule has 2 heterocycles. The summed E-state index contributed by atoms with van der Waals surface area (Å²) < 4.78 is 7.90. The second-order valence-electron chi connectivity index (χ2n) is 5.93. The second kappa shape index (κ2) is 7.23. The van der Waals surface area contributed by atoms with Crippen molar-refractivity contribution in [1.29, 1.82) is 0 Å². The summed E-state index contributed by atoms with van der Waals surface area (Å²) in [6.07, 6.45) is 4.38. The van der Waals surface area contributed by atoms with Gasteiger partial charge in [-0.3, -0.25) is 4.68 Å². The SMILES string of the molecule is CCc1nn(C2CCCOC2)c(CC)c1CNC(C)C. The van der Waals surface area contributed by atoms with Gasteiger partial charge in [0.2, 0.25) is 0 Å². The molecular formula is C16H29N3O.